The number of H-pyrrole nitrogens is 1. The van der Waals surface area contributed by atoms with Crippen molar-refractivity contribution in [2.75, 3.05) is 6.61 Å². The molecule has 0 spiro atoms. The lowest BCUT2D eigenvalue weighted by Crippen LogP contribution is -2.07. The van der Waals surface area contributed by atoms with Crippen molar-refractivity contribution in [1.82, 2.24) is 14.8 Å². The zero-order valence-electron chi connectivity index (χ0n) is 13.1. The van der Waals surface area contributed by atoms with Gasteiger partial charge in [0.15, 0.2) is 0 Å². The Labute approximate surface area is 128 Å². The van der Waals surface area contributed by atoms with E-state index in [1.165, 1.54) is 6.08 Å². The molecule has 6 nitrogen and oxygen atoms in total. The van der Waals surface area contributed by atoms with Crippen LogP contribution in [0.2, 0.25) is 0 Å². The number of nitrogens with zero attached hydrogens (tertiary/aromatic N) is 2. The van der Waals surface area contributed by atoms with E-state index >= 15 is 0 Å². The van der Waals surface area contributed by atoms with Gasteiger partial charge in [-0.2, -0.15) is 5.10 Å². The summed E-state index contributed by atoms with van der Waals surface area (Å²) in [5.41, 5.74) is 2.91. The number of carbonyl (C=O) groups is 2. The second-order valence-electron chi connectivity index (χ2n) is 4.99. The van der Waals surface area contributed by atoms with Crippen LogP contribution in [-0.4, -0.2) is 33.1 Å². The van der Waals surface area contributed by atoms with E-state index in [0.717, 1.165) is 5.56 Å². The van der Waals surface area contributed by atoms with E-state index in [2.05, 4.69) is 10.1 Å². The summed E-state index contributed by atoms with van der Waals surface area (Å²) in [4.78, 5) is 27.2. The lowest BCUT2D eigenvalue weighted by Gasteiger charge is -2.01. The fourth-order valence-corrected chi connectivity index (χ4v) is 2.29. The highest BCUT2D eigenvalue weighted by Crippen LogP contribution is 2.20. The van der Waals surface area contributed by atoms with Crippen LogP contribution in [0.4, 0.5) is 0 Å². The Bertz CT molecular complexity index is 738. The number of aryl methyl sites for hydroxylation is 2. The molecule has 1 N–H and O–H groups in total. The summed E-state index contributed by atoms with van der Waals surface area (Å²) in [5, 5.41) is 4.03. The van der Waals surface area contributed by atoms with Gasteiger partial charge in [-0.25, -0.2) is 4.79 Å². The molecule has 0 radical (unpaired) electrons. The molecule has 22 heavy (non-hydrogen) atoms. The van der Waals surface area contributed by atoms with Crippen molar-refractivity contribution in [3.63, 3.8) is 0 Å². The topological polar surface area (TPSA) is 77.0 Å². The van der Waals surface area contributed by atoms with Crippen LogP contribution in [-0.2, 0) is 11.8 Å². The molecule has 0 atom stereocenters. The van der Waals surface area contributed by atoms with E-state index in [1.54, 1.807) is 43.9 Å². The van der Waals surface area contributed by atoms with Gasteiger partial charge in [0.05, 0.1) is 24.1 Å². The Morgan fingerprint density at radius 1 is 1.41 bits per heavy atom. The lowest BCUT2D eigenvalue weighted by molar-refractivity contribution is 0.0525. The Morgan fingerprint density at radius 3 is 2.73 bits per heavy atom. The smallest absolute Gasteiger partial charge is 0.340 e. The minimum absolute atomic E-state index is 0.194. The van der Waals surface area contributed by atoms with Gasteiger partial charge in [0, 0.05) is 24.5 Å². The molecule has 0 aliphatic rings. The zero-order valence-corrected chi connectivity index (χ0v) is 13.1. The fourth-order valence-electron chi connectivity index (χ4n) is 2.29. The highest BCUT2D eigenvalue weighted by molar-refractivity contribution is 6.08. The molecular weight excluding hydrogens is 282 g/mol. The molecule has 2 aromatic rings. The molecule has 0 unspecified atom stereocenters. The minimum Gasteiger partial charge on any atom is -0.462 e. The van der Waals surface area contributed by atoms with Crippen LogP contribution in [0.5, 0.6) is 0 Å². The van der Waals surface area contributed by atoms with Gasteiger partial charge in [0.2, 0.25) is 5.78 Å². The summed E-state index contributed by atoms with van der Waals surface area (Å²) in [6.07, 6.45) is 6.63. The molecule has 0 aliphatic carbocycles. The van der Waals surface area contributed by atoms with Gasteiger partial charge in [0.1, 0.15) is 0 Å². The summed E-state index contributed by atoms with van der Waals surface area (Å²) < 4.78 is 6.68. The summed E-state index contributed by atoms with van der Waals surface area (Å²) in [6, 6.07) is 0. The molecule has 0 bridgehead atoms. The van der Waals surface area contributed by atoms with Crippen molar-refractivity contribution in [1.29, 1.82) is 0 Å². The van der Waals surface area contributed by atoms with Crippen LogP contribution < -0.4 is 0 Å². The Balaban J connectivity index is 2.25. The quantitative estimate of drug-likeness (QED) is 0.523. The van der Waals surface area contributed by atoms with E-state index in [0.29, 0.717) is 29.1 Å². The highest BCUT2D eigenvalue weighted by atomic mass is 16.5. The molecule has 6 heteroatoms. The highest BCUT2D eigenvalue weighted by Gasteiger charge is 2.21. The first-order valence-electron chi connectivity index (χ1n) is 7.01. The average molecular weight is 301 g/mol. The molecule has 116 valence electrons. The van der Waals surface area contributed by atoms with Crippen LogP contribution in [0.1, 0.15) is 44.6 Å². The Kier molecular flexibility index (Phi) is 4.60. The van der Waals surface area contributed by atoms with Gasteiger partial charge >= 0.3 is 5.97 Å². The molecule has 0 saturated heterocycles. The molecule has 0 fully saturated rings. The third-order valence-electron chi connectivity index (χ3n) is 3.32. The fraction of sp³-hybridized carbons (Fsp3) is 0.312. The Morgan fingerprint density at radius 2 is 2.14 bits per heavy atom. The van der Waals surface area contributed by atoms with E-state index in [-0.39, 0.29) is 5.78 Å². The normalized spacial score (nSPS) is 11.1. The van der Waals surface area contributed by atoms with Gasteiger partial charge in [0.25, 0.3) is 0 Å². The molecule has 2 heterocycles. The van der Waals surface area contributed by atoms with Crippen molar-refractivity contribution in [2.45, 2.75) is 20.8 Å². The first kappa shape index (κ1) is 15.8. The summed E-state index contributed by atoms with van der Waals surface area (Å²) in [6.45, 7) is 5.53. The van der Waals surface area contributed by atoms with Crippen molar-refractivity contribution in [3.8, 4) is 0 Å². The van der Waals surface area contributed by atoms with Crippen molar-refractivity contribution in [2.24, 2.45) is 7.05 Å². The first-order chi connectivity index (χ1) is 10.4. The van der Waals surface area contributed by atoms with Gasteiger partial charge < -0.3 is 9.72 Å². The number of carbonyl (C=O) groups excluding carboxylic acids is 2. The maximum Gasteiger partial charge on any atom is 0.340 e. The summed E-state index contributed by atoms with van der Waals surface area (Å²) in [5.74, 6) is -0.607. The summed E-state index contributed by atoms with van der Waals surface area (Å²) >= 11 is 0. The van der Waals surface area contributed by atoms with Gasteiger partial charge in [-0.1, -0.05) is 0 Å². The number of aromatic amines is 1. The molecule has 2 aromatic heterocycles. The number of hydrogen-bond donors (Lipinski definition) is 1. The molecule has 0 amide bonds. The molecule has 2 rings (SSSR count). The Hall–Kier alpha value is -2.63. The number of ether oxygens (including phenoxy) is 1. The number of hydrogen-bond acceptors (Lipinski definition) is 4. The number of allylic oxidation sites excluding steroid dienone is 1. The summed E-state index contributed by atoms with van der Waals surface area (Å²) in [7, 11) is 1.81. The number of ketones is 1. The molecule has 0 aromatic carbocycles. The maximum absolute atomic E-state index is 12.3. The second kappa shape index (κ2) is 6.43. The lowest BCUT2D eigenvalue weighted by atomic mass is 10.1. The van der Waals surface area contributed by atoms with Gasteiger partial charge in [-0.3, -0.25) is 9.48 Å². The van der Waals surface area contributed by atoms with E-state index in [1.807, 2.05) is 7.05 Å². The van der Waals surface area contributed by atoms with Gasteiger partial charge in [-0.05, 0) is 38.5 Å². The van der Waals surface area contributed by atoms with Crippen molar-refractivity contribution >= 4 is 17.8 Å². The van der Waals surface area contributed by atoms with Crippen LogP contribution in [0.3, 0.4) is 0 Å². The number of esters is 1. The van der Waals surface area contributed by atoms with E-state index < -0.39 is 5.97 Å². The zero-order chi connectivity index (χ0) is 16.3. The monoisotopic (exact) mass is 301 g/mol. The molecule has 0 aliphatic heterocycles. The van der Waals surface area contributed by atoms with Crippen molar-refractivity contribution in [3.05, 3.63) is 46.5 Å². The SMILES string of the molecule is CCOC(=O)c1c(C)[nH]c(C(=O)/C=C\c2cnn(C)c2)c1C. The van der Waals surface area contributed by atoms with E-state index in [4.69, 9.17) is 4.74 Å². The molecule has 0 saturated carbocycles. The minimum atomic E-state index is -0.413. The van der Waals surface area contributed by atoms with E-state index in [9.17, 15) is 9.59 Å². The standard InChI is InChI=1S/C16H19N3O3/c1-5-22-16(21)14-10(2)15(18-11(14)3)13(20)7-6-12-8-17-19(4)9-12/h6-9,18H,5H2,1-4H3/b7-6-. The predicted molar refractivity (Wildman–Crippen MR) is 82.8 cm³/mol. The van der Waals surface area contributed by atoms with Crippen LogP contribution in [0.25, 0.3) is 6.08 Å². The number of nitrogens with one attached hydrogen (secondary N) is 1. The third kappa shape index (κ3) is 3.16. The largest absolute Gasteiger partial charge is 0.462 e. The van der Waals surface area contributed by atoms with Crippen molar-refractivity contribution < 1.29 is 14.3 Å². The van der Waals surface area contributed by atoms with Gasteiger partial charge in [-0.15, -0.1) is 0 Å². The number of rotatable bonds is 5. The van der Waals surface area contributed by atoms with Crippen LogP contribution in [0.15, 0.2) is 18.5 Å². The predicted octanol–water partition coefficient (Wildman–Crippen LogP) is 2.44. The average Bonchev–Trinajstić information content (AvgIpc) is 3.00. The van der Waals surface area contributed by atoms with Crippen LogP contribution in [0, 0.1) is 13.8 Å². The number of aromatic nitrogens is 3. The molecular formula is C16H19N3O3. The second-order valence-corrected chi connectivity index (χ2v) is 4.99. The van der Waals surface area contributed by atoms with Crippen LogP contribution >= 0.6 is 0 Å². The maximum atomic E-state index is 12.3. The first-order valence-corrected chi connectivity index (χ1v) is 7.01. The third-order valence-corrected chi connectivity index (χ3v) is 3.32.